The molecule has 1 aliphatic heterocycles. The van der Waals surface area contributed by atoms with Crippen LogP contribution in [0.4, 0.5) is 5.69 Å². The summed E-state index contributed by atoms with van der Waals surface area (Å²) in [6.07, 6.45) is 1.89. The van der Waals surface area contributed by atoms with E-state index in [9.17, 15) is 4.79 Å². The first kappa shape index (κ1) is 13.0. The molecular weight excluding hydrogens is 248 g/mol. The average Bonchev–Trinajstić information content (AvgIpc) is 2.70. The van der Waals surface area contributed by atoms with Crippen molar-refractivity contribution in [2.45, 2.75) is 19.8 Å². The van der Waals surface area contributed by atoms with Gasteiger partial charge in [-0.05, 0) is 18.1 Å². The molecule has 0 unspecified atom stereocenters. The molecule has 2 rings (SSSR count). The first-order chi connectivity index (χ1) is 8.67. The van der Waals surface area contributed by atoms with Crippen LogP contribution in [0.2, 0.25) is 0 Å². The Bertz CT molecular complexity index is 472. The number of amidine groups is 1. The van der Waals surface area contributed by atoms with Crippen LogP contribution in [0.5, 0.6) is 5.75 Å². The maximum absolute atomic E-state index is 11.9. The standard InChI is InChI=1S/C13H16N2O2S/c1-3-4-9-5-6-10(17-2)7-11(9)15-12(16)8-18-13(15)14/h5-7,14H,3-4,8H2,1-2H3. The van der Waals surface area contributed by atoms with E-state index in [1.807, 2.05) is 18.2 Å². The highest BCUT2D eigenvalue weighted by Gasteiger charge is 2.30. The van der Waals surface area contributed by atoms with E-state index in [1.54, 1.807) is 7.11 Å². The lowest BCUT2D eigenvalue weighted by molar-refractivity contribution is -0.115. The van der Waals surface area contributed by atoms with Crippen LogP contribution in [0.15, 0.2) is 18.2 Å². The quantitative estimate of drug-likeness (QED) is 0.909. The third kappa shape index (κ3) is 2.36. The van der Waals surface area contributed by atoms with Crippen molar-refractivity contribution in [3.63, 3.8) is 0 Å². The van der Waals surface area contributed by atoms with Crippen molar-refractivity contribution in [1.82, 2.24) is 0 Å². The third-order valence-corrected chi connectivity index (χ3v) is 3.68. The highest BCUT2D eigenvalue weighted by atomic mass is 32.2. The summed E-state index contributed by atoms with van der Waals surface area (Å²) >= 11 is 1.27. The van der Waals surface area contributed by atoms with Gasteiger partial charge in [-0.25, -0.2) is 0 Å². The predicted octanol–water partition coefficient (Wildman–Crippen LogP) is 2.66. The number of carbonyl (C=O) groups excluding carboxylic acids is 1. The molecule has 0 radical (unpaired) electrons. The van der Waals surface area contributed by atoms with Gasteiger partial charge in [-0.15, -0.1) is 0 Å². The Hall–Kier alpha value is -1.49. The molecule has 0 spiro atoms. The molecule has 1 N–H and O–H groups in total. The summed E-state index contributed by atoms with van der Waals surface area (Å²) < 4.78 is 5.20. The van der Waals surface area contributed by atoms with E-state index in [0.717, 1.165) is 24.1 Å². The number of thioether (sulfide) groups is 1. The molecule has 96 valence electrons. The van der Waals surface area contributed by atoms with Crippen LogP contribution in [0.25, 0.3) is 0 Å². The van der Waals surface area contributed by atoms with Crippen molar-refractivity contribution >= 4 is 28.5 Å². The van der Waals surface area contributed by atoms with Gasteiger partial charge in [-0.2, -0.15) is 0 Å². The Morgan fingerprint density at radius 1 is 1.50 bits per heavy atom. The molecule has 1 aromatic carbocycles. The zero-order chi connectivity index (χ0) is 13.1. The monoisotopic (exact) mass is 264 g/mol. The molecule has 0 saturated carbocycles. The molecule has 1 saturated heterocycles. The summed E-state index contributed by atoms with van der Waals surface area (Å²) in [7, 11) is 1.60. The number of hydrogen-bond acceptors (Lipinski definition) is 4. The number of methoxy groups -OCH3 is 1. The van der Waals surface area contributed by atoms with Crippen LogP contribution >= 0.6 is 11.8 Å². The predicted molar refractivity (Wildman–Crippen MR) is 74.7 cm³/mol. The van der Waals surface area contributed by atoms with E-state index in [0.29, 0.717) is 16.7 Å². The molecule has 1 fully saturated rings. The number of ether oxygens (including phenoxy) is 1. The maximum Gasteiger partial charge on any atom is 0.243 e. The Morgan fingerprint density at radius 3 is 2.83 bits per heavy atom. The lowest BCUT2D eigenvalue weighted by atomic mass is 10.1. The molecule has 1 amide bonds. The second-order valence-corrected chi connectivity index (χ2v) is 5.03. The van der Waals surface area contributed by atoms with Crippen LogP contribution in [0, 0.1) is 5.41 Å². The summed E-state index contributed by atoms with van der Waals surface area (Å²) in [6.45, 7) is 2.10. The molecule has 0 aromatic heterocycles. The van der Waals surface area contributed by atoms with E-state index < -0.39 is 0 Å². The van der Waals surface area contributed by atoms with Gasteiger partial charge in [0.25, 0.3) is 0 Å². The van der Waals surface area contributed by atoms with Crippen molar-refractivity contribution in [2.75, 3.05) is 17.8 Å². The third-order valence-electron chi connectivity index (χ3n) is 2.84. The van der Waals surface area contributed by atoms with E-state index in [1.165, 1.54) is 16.7 Å². The fourth-order valence-corrected chi connectivity index (χ4v) is 2.69. The Balaban J connectivity index is 2.45. The van der Waals surface area contributed by atoms with Crippen LogP contribution in [0.1, 0.15) is 18.9 Å². The zero-order valence-electron chi connectivity index (χ0n) is 10.5. The first-order valence-electron chi connectivity index (χ1n) is 5.88. The van der Waals surface area contributed by atoms with Crippen LogP contribution in [0.3, 0.4) is 0 Å². The van der Waals surface area contributed by atoms with Crippen LogP contribution in [-0.2, 0) is 11.2 Å². The summed E-state index contributed by atoms with van der Waals surface area (Å²) in [6, 6.07) is 5.70. The van der Waals surface area contributed by atoms with Crippen molar-refractivity contribution in [3.8, 4) is 5.75 Å². The zero-order valence-corrected chi connectivity index (χ0v) is 11.3. The first-order valence-corrected chi connectivity index (χ1v) is 6.87. The van der Waals surface area contributed by atoms with Crippen molar-refractivity contribution < 1.29 is 9.53 Å². The number of aryl methyl sites for hydroxylation is 1. The maximum atomic E-state index is 11.9. The van der Waals surface area contributed by atoms with Gasteiger partial charge in [-0.3, -0.25) is 15.1 Å². The minimum atomic E-state index is -0.0318. The minimum Gasteiger partial charge on any atom is -0.497 e. The number of amides is 1. The van der Waals surface area contributed by atoms with E-state index in [2.05, 4.69) is 6.92 Å². The fraction of sp³-hybridized carbons (Fsp3) is 0.385. The molecule has 1 aliphatic rings. The average molecular weight is 264 g/mol. The number of anilines is 1. The van der Waals surface area contributed by atoms with Crippen LogP contribution in [-0.4, -0.2) is 23.9 Å². The lowest BCUT2D eigenvalue weighted by Crippen LogP contribution is -2.29. The summed E-state index contributed by atoms with van der Waals surface area (Å²) in [5.74, 6) is 1.03. The van der Waals surface area contributed by atoms with Crippen molar-refractivity contribution in [1.29, 1.82) is 5.41 Å². The second kappa shape index (κ2) is 5.44. The van der Waals surface area contributed by atoms with E-state index in [4.69, 9.17) is 10.1 Å². The van der Waals surface area contributed by atoms with Crippen molar-refractivity contribution in [3.05, 3.63) is 23.8 Å². The molecule has 1 aromatic rings. The molecule has 18 heavy (non-hydrogen) atoms. The Morgan fingerprint density at radius 2 is 2.28 bits per heavy atom. The minimum absolute atomic E-state index is 0.0318. The molecule has 0 aliphatic carbocycles. The molecule has 0 atom stereocenters. The highest BCUT2D eigenvalue weighted by molar-refractivity contribution is 8.15. The second-order valence-electron chi connectivity index (χ2n) is 4.07. The van der Waals surface area contributed by atoms with Gasteiger partial charge in [0, 0.05) is 6.07 Å². The van der Waals surface area contributed by atoms with E-state index >= 15 is 0 Å². The van der Waals surface area contributed by atoms with Crippen LogP contribution < -0.4 is 9.64 Å². The smallest absolute Gasteiger partial charge is 0.243 e. The number of rotatable bonds is 4. The highest BCUT2D eigenvalue weighted by Crippen LogP contribution is 2.32. The SMILES string of the molecule is CCCc1ccc(OC)cc1N1C(=N)SCC1=O. The topological polar surface area (TPSA) is 53.4 Å². The van der Waals surface area contributed by atoms with Crippen molar-refractivity contribution in [2.24, 2.45) is 0 Å². The number of nitrogens with zero attached hydrogens (tertiary/aromatic N) is 1. The normalized spacial score (nSPS) is 15.3. The number of carbonyl (C=O) groups is 1. The van der Waals surface area contributed by atoms with E-state index in [-0.39, 0.29) is 5.91 Å². The van der Waals surface area contributed by atoms with Gasteiger partial charge in [0.15, 0.2) is 5.17 Å². The summed E-state index contributed by atoms with van der Waals surface area (Å²) in [5, 5.41) is 8.15. The fourth-order valence-electron chi connectivity index (χ4n) is 1.98. The number of nitrogens with one attached hydrogen (secondary N) is 1. The van der Waals surface area contributed by atoms with Gasteiger partial charge in [-0.1, -0.05) is 31.2 Å². The van der Waals surface area contributed by atoms with Gasteiger partial charge in [0.1, 0.15) is 5.75 Å². The summed E-state index contributed by atoms with van der Waals surface area (Å²) in [5.41, 5.74) is 1.87. The van der Waals surface area contributed by atoms with Gasteiger partial charge >= 0.3 is 0 Å². The Kier molecular flexibility index (Phi) is 3.91. The molecule has 5 heteroatoms. The molecular formula is C13H16N2O2S. The van der Waals surface area contributed by atoms with Gasteiger partial charge in [0.05, 0.1) is 18.6 Å². The van der Waals surface area contributed by atoms with Gasteiger partial charge < -0.3 is 4.74 Å². The Labute approximate surface area is 111 Å². The summed E-state index contributed by atoms with van der Waals surface area (Å²) in [4.78, 5) is 13.3. The number of benzene rings is 1. The molecule has 1 heterocycles. The molecule has 0 bridgehead atoms. The lowest BCUT2D eigenvalue weighted by Gasteiger charge is -2.19. The largest absolute Gasteiger partial charge is 0.497 e. The molecule has 4 nitrogen and oxygen atoms in total. The number of hydrogen-bond donors (Lipinski definition) is 1. The van der Waals surface area contributed by atoms with Gasteiger partial charge in [0.2, 0.25) is 5.91 Å².